The molecule has 8 nitrogen and oxygen atoms in total. The zero-order valence-corrected chi connectivity index (χ0v) is 12.8. The highest BCUT2D eigenvalue weighted by Gasteiger charge is 2.49. The third kappa shape index (κ3) is 1.83. The molecule has 1 aliphatic rings. The molecule has 5 N–H and O–H groups in total. The van der Waals surface area contributed by atoms with Crippen LogP contribution in [0.25, 0.3) is 22.4 Å². The van der Waals surface area contributed by atoms with Crippen LogP contribution in [-0.4, -0.2) is 26.8 Å². The van der Waals surface area contributed by atoms with E-state index in [0.717, 1.165) is 11.1 Å². The fraction of sp³-hybridized carbons (Fsp3) is 0.125. The molecule has 3 aromatic rings. The van der Waals surface area contributed by atoms with Crippen molar-refractivity contribution in [3.63, 3.8) is 0 Å². The highest BCUT2D eigenvalue weighted by atomic mass is 16.2. The van der Waals surface area contributed by atoms with Crippen molar-refractivity contribution >= 4 is 28.5 Å². The van der Waals surface area contributed by atoms with Crippen molar-refractivity contribution in [2.75, 3.05) is 5.32 Å². The van der Waals surface area contributed by atoms with Crippen LogP contribution in [0.15, 0.2) is 36.7 Å². The van der Waals surface area contributed by atoms with Gasteiger partial charge in [0.05, 0.1) is 11.0 Å². The number of pyridine rings is 1. The predicted octanol–water partition coefficient (Wildman–Crippen LogP) is 0.825. The van der Waals surface area contributed by atoms with Crippen molar-refractivity contribution in [1.82, 2.24) is 20.4 Å². The molecule has 3 heterocycles. The first-order valence-electron chi connectivity index (χ1n) is 7.31. The number of H-pyrrole nitrogens is 1. The number of hydrazine groups is 1. The second-order valence-electron chi connectivity index (χ2n) is 5.79. The Bertz CT molecular complexity index is 981. The Hall–Kier alpha value is -3.26. The second-order valence-corrected chi connectivity index (χ2v) is 5.79. The number of nitrogens with two attached hydrogens (primary N) is 1. The minimum absolute atomic E-state index is 0.416. The van der Waals surface area contributed by atoms with Crippen molar-refractivity contribution in [1.29, 1.82) is 0 Å². The maximum absolute atomic E-state index is 12.3. The van der Waals surface area contributed by atoms with E-state index in [1.54, 1.807) is 24.5 Å². The number of carbonyl (C=O) groups is 2. The van der Waals surface area contributed by atoms with E-state index in [-0.39, 0.29) is 0 Å². The molecule has 4 rings (SSSR count). The molecule has 0 fully saturated rings. The molecule has 24 heavy (non-hydrogen) atoms. The Balaban J connectivity index is 1.89. The van der Waals surface area contributed by atoms with Gasteiger partial charge in [0.25, 0.3) is 5.91 Å². The van der Waals surface area contributed by atoms with Crippen molar-refractivity contribution in [2.45, 2.75) is 12.3 Å². The monoisotopic (exact) mass is 322 g/mol. The SMILES string of the molecule is CC1(C(=O)NN)C(=O)Nc2cc3[nH]c(-c4cccnc4)nc3cc21. The van der Waals surface area contributed by atoms with E-state index in [4.69, 9.17) is 5.84 Å². The Kier molecular flexibility index (Phi) is 2.91. The first kappa shape index (κ1) is 14.3. The summed E-state index contributed by atoms with van der Waals surface area (Å²) in [5.41, 5.74) is 4.05. The number of nitrogens with zero attached hydrogens (tertiary/aromatic N) is 2. The van der Waals surface area contributed by atoms with Gasteiger partial charge in [-0.15, -0.1) is 0 Å². The highest BCUT2D eigenvalue weighted by Crippen LogP contribution is 2.40. The summed E-state index contributed by atoms with van der Waals surface area (Å²) >= 11 is 0. The molecular weight excluding hydrogens is 308 g/mol. The Morgan fingerprint density at radius 2 is 2.21 bits per heavy atom. The highest BCUT2D eigenvalue weighted by molar-refractivity contribution is 6.21. The summed E-state index contributed by atoms with van der Waals surface area (Å²) in [5, 5.41) is 2.73. The average molecular weight is 322 g/mol. The lowest BCUT2D eigenvalue weighted by atomic mass is 9.83. The number of anilines is 1. The van der Waals surface area contributed by atoms with Crippen LogP contribution in [0, 0.1) is 0 Å². The van der Waals surface area contributed by atoms with Gasteiger partial charge in [0.15, 0.2) is 5.41 Å². The summed E-state index contributed by atoms with van der Waals surface area (Å²) in [6.45, 7) is 1.54. The number of aromatic nitrogens is 3. The fourth-order valence-corrected chi connectivity index (χ4v) is 2.95. The number of hydrogen-bond acceptors (Lipinski definition) is 5. The Morgan fingerprint density at radius 3 is 2.92 bits per heavy atom. The van der Waals surface area contributed by atoms with Crippen molar-refractivity contribution in [3.05, 3.63) is 42.2 Å². The van der Waals surface area contributed by atoms with Crippen LogP contribution in [0.2, 0.25) is 0 Å². The molecule has 0 bridgehead atoms. The lowest BCUT2D eigenvalue weighted by Gasteiger charge is -2.19. The first-order valence-corrected chi connectivity index (χ1v) is 7.31. The standard InChI is InChI=1S/C16H14N6O2/c1-16(15(24)22-17)9-5-11-12(6-10(9)21-14(16)23)20-13(19-11)8-3-2-4-18-7-8/h2-7H,17H2,1H3,(H,19,20)(H,21,23)(H,22,24). The number of aromatic amines is 1. The Morgan fingerprint density at radius 1 is 1.38 bits per heavy atom. The van der Waals surface area contributed by atoms with E-state index in [9.17, 15) is 9.59 Å². The number of nitrogens with one attached hydrogen (secondary N) is 3. The third-order valence-electron chi connectivity index (χ3n) is 4.38. The van der Waals surface area contributed by atoms with Crippen LogP contribution in [0.3, 0.4) is 0 Å². The number of imidazole rings is 1. The molecule has 0 spiro atoms. The topological polar surface area (TPSA) is 126 Å². The van der Waals surface area contributed by atoms with Gasteiger partial charge in [-0.2, -0.15) is 0 Å². The van der Waals surface area contributed by atoms with Crippen molar-refractivity contribution in [3.8, 4) is 11.4 Å². The number of rotatable bonds is 2. The van der Waals surface area contributed by atoms with Crippen LogP contribution in [0.4, 0.5) is 5.69 Å². The summed E-state index contributed by atoms with van der Waals surface area (Å²) in [6, 6.07) is 7.22. The number of carbonyl (C=O) groups excluding carboxylic acids is 2. The minimum atomic E-state index is -1.38. The molecule has 0 radical (unpaired) electrons. The number of fused-ring (bicyclic) bond motifs is 2. The molecular formula is C16H14N6O2. The van der Waals surface area contributed by atoms with Crippen LogP contribution in [-0.2, 0) is 15.0 Å². The zero-order valence-electron chi connectivity index (χ0n) is 12.8. The summed E-state index contributed by atoms with van der Waals surface area (Å²) in [4.78, 5) is 36.2. The van der Waals surface area contributed by atoms with Crippen LogP contribution >= 0.6 is 0 Å². The van der Waals surface area contributed by atoms with Gasteiger partial charge in [-0.1, -0.05) is 0 Å². The van der Waals surface area contributed by atoms with Gasteiger partial charge in [0.1, 0.15) is 5.82 Å². The van der Waals surface area contributed by atoms with Gasteiger partial charge in [-0.05, 0) is 31.2 Å². The molecule has 2 amide bonds. The van der Waals surface area contributed by atoms with E-state index < -0.39 is 17.2 Å². The van der Waals surface area contributed by atoms with Crippen molar-refractivity contribution < 1.29 is 9.59 Å². The summed E-state index contributed by atoms with van der Waals surface area (Å²) in [6.07, 6.45) is 3.40. The minimum Gasteiger partial charge on any atom is -0.338 e. The fourth-order valence-electron chi connectivity index (χ4n) is 2.95. The summed E-state index contributed by atoms with van der Waals surface area (Å²) < 4.78 is 0. The first-order chi connectivity index (χ1) is 11.5. The Labute approximate surface area is 136 Å². The number of benzene rings is 1. The molecule has 120 valence electrons. The summed E-state index contributed by atoms with van der Waals surface area (Å²) in [5.74, 6) is 4.92. The molecule has 8 heteroatoms. The maximum Gasteiger partial charge on any atom is 0.253 e. The smallest absolute Gasteiger partial charge is 0.253 e. The van der Waals surface area contributed by atoms with Gasteiger partial charge >= 0.3 is 0 Å². The van der Waals surface area contributed by atoms with Gasteiger partial charge in [0.2, 0.25) is 5.91 Å². The van der Waals surface area contributed by atoms with Gasteiger partial charge < -0.3 is 10.3 Å². The van der Waals surface area contributed by atoms with Crippen LogP contribution in [0.1, 0.15) is 12.5 Å². The number of hydrogen-bond donors (Lipinski definition) is 4. The van der Waals surface area contributed by atoms with E-state index in [2.05, 4.69) is 25.7 Å². The molecule has 1 atom stereocenters. The van der Waals surface area contributed by atoms with Crippen LogP contribution < -0.4 is 16.6 Å². The largest absolute Gasteiger partial charge is 0.338 e. The molecule has 1 aromatic carbocycles. The molecule has 0 saturated heterocycles. The summed E-state index contributed by atoms with van der Waals surface area (Å²) in [7, 11) is 0. The van der Waals surface area contributed by atoms with Crippen molar-refractivity contribution in [2.24, 2.45) is 5.84 Å². The molecule has 0 aliphatic carbocycles. The normalized spacial score (nSPS) is 19.2. The lowest BCUT2D eigenvalue weighted by Crippen LogP contribution is -2.49. The average Bonchev–Trinajstić information content (AvgIpc) is 3.13. The van der Waals surface area contributed by atoms with E-state index >= 15 is 0 Å². The van der Waals surface area contributed by atoms with E-state index in [1.807, 2.05) is 12.1 Å². The lowest BCUT2D eigenvalue weighted by molar-refractivity contribution is -0.133. The molecule has 1 aliphatic heterocycles. The second kappa shape index (κ2) is 4.87. The van der Waals surface area contributed by atoms with E-state index in [1.165, 1.54) is 6.92 Å². The van der Waals surface area contributed by atoms with E-state index in [0.29, 0.717) is 22.6 Å². The van der Waals surface area contributed by atoms with Gasteiger partial charge in [-0.25, -0.2) is 10.8 Å². The zero-order chi connectivity index (χ0) is 16.9. The molecule has 0 saturated carbocycles. The molecule has 1 unspecified atom stereocenters. The van der Waals surface area contributed by atoms with Gasteiger partial charge in [0, 0.05) is 29.2 Å². The number of amides is 2. The molecule has 2 aromatic heterocycles. The van der Waals surface area contributed by atoms with Crippen LogP contribution in [0.5, 0.6) is 0 Å². The quantitative estimate of drug-likeness (QED) is 0.240. The van der Waals surface area contributed by atoms with Gasteiger partial charge in [-0.3, -0.25) is 20.0 Å². The predicted molar refractivity (Wildman–Crippen MR) is 87.6 cm³/mol. The third-order valence-corrected chi connectivity index (χ3v) is 4.38. The maximum atomic E-state index is 12.3.